The Morgan fingerprint density at radius 3 is 2.45 bits per heavy atom. The van der Waals surface area contributed by atoms with Crippen molar-refractivity contribution in [1.29, 1.82) is 0 Å². The number of hydrogen-bond acceptors (Lipinski definition) is 8. The number of benzene rings is 2. The molecule has 10 heteroatoms. The van der Waals surface area contributed by atoms with Gasteiger partial charge in [-0.25, -0.2) is 4.79 Å². The topological polar surface area (TPSA) is 110 Å². The molecule has 0 unspecified atom stereocenters. The van der Waals surface area contributed by atoms with Gasteiger partial charge in [0.1, 0.15) is 0 Å². The van der Waals surface area contributed by atoms with Crippen molar-refractivity contribution in [3.05, 3.63) is 65.2 Å². The van der Waals surface area contributed by atoms with Gasteiger partial charge in [-0.1, -0.05) is 53.4 Å². The highest BCUT2D eigenvalue weighted by atomic mass is 32.2. The lowest BCUT2D eigenvalue weighted by molar-refractivity contribution is -0.113. The number of nitrogens with one attached hydrogen (secondary N) is 2. The molecule has 0 bridgehead atoms. The Morgan fingerprint density at radius 1 is 1.00 bits per heavy atom. The first-order valence-electron chi connectivity index (χ1n) is 9.37. The molecule has 0 spiro atoms. The van der Waals surface area contributed by atoms with Crippen LogP contribution in [-0.2, 0) is 9.53 Å². The van der Waals surface area contributed by atoms with Crippen LogP contribution in [-0.4, -0.2) is 40.3 Å². The van der Waals surface area contributed by atoms with Crippen LogP contribution < -0.4 is 10.6 Å². The minimum Gasteiger partial charge on any atom is -0.462 e. The van der Waals surface area contributed by atoms with Crippen LogP contribution in [0.25, 0.3) is 0 Å². The normalized spacial score (nSPS) is 10.4. The zero-order valence-corrected chi connectivity index (χ0v) is 18.5. The van der Waals surface area contributed by atoms with Crippen molar-refractivity contribution in [3.8, 4) is 0 Å². The summed E-state index contributed by atoms with van der Waals surface area (Å²) in [6, 6.07) is 13.9. The summed E-state index contributed by atoms with van der Waals surface area (Å²) in [5.41, 5.74) is 2.10. The Hall–Kier alpha value is -3.24. The van der Waals surface area contributed by atoms with Gasteiger partial charge in [-0.05, 0) is 37.6 Å². The van der Waals surface area contributed by atoms with Crippen molar-refractivity contribution < 1.29 is 19.1 Å². The number of nitrogens with zero attached hydrogens (tertiary/aromatic N) is 2. The number of thioether (sulfide) groups is 1. The van der Waals surface area contributed by atoms with Crippen LogP contribution in [0, 0.1) is 6.92 Å². The van der Waals surface area contributed by atoms with E-state index in [0.29, 0.717) is 26.3 Å². The molecule has 1 aromatic heterocycles. The molecule has 31 heavy (non-hydrogen) atoms. The second-order valence-corrected chi connectivity index (χ2v) is 8.45. The number of ether oxygens (including phenoxy) is 1. The smallest absolute Gasteiger partial charge is 0.340 e. The zero-order chi connectivity index (χ0) is 22.2. The van der Waals surface area contributed by atoms with E-state index in [1.807, 2.05) is 19.1 Å². The van der Waals surface area contributed by atoms with Gasteiger partial charge in [0.2, 0.25) is 11.0 Å². The number of hydrogen-bond donors (Lipinski definition) is 2. The van der Waals surface area contributed by atoms with E-state index in [4.69, 9.17) is 4.74 Å². The van der Waals surface area contributed by atoms with Crippen LogP contribution in [0.4, 0.5) is 10.8 Å². The minimum absolute atomic E-state index is 0.0670. The Balaban J connectivity index is 1.55. The predicted molar refractivity (Wildman–Crippen MR) is 121 cm³/mol. The third-order valence-electron chi connectivity index (χ3n) is 4.04. The first kappa shape index (κ1) is 22.4. The molecule has 8 nitrogen and oxygen atoms in total. The first-order valence-corrected chi connectivity index (χ1v) is 11.2. The highest BCUT2D eigenvalue weighted by Gasteiger charge is 2.16. The van der Waals surface area contributed by atoms with Gasteiger partial charge in [0.25, 0.3) is 5.91 Å². The van der Waals surface area contributed by atoms with Gasteiger partial charge in [-0.3, -0.25) is 14.9 Å². The molecule has 2 aromatic carbocycles. The standard InChI is InChI=1S/C21H20N4O4S2/c1-3-29-19(28)15-10-6-7-11-16(15)22-17(26)12-30-21-25-24-20(31-21)23-18(27)14-9-5-4-8-13(14)2/h4-11H,3,12H2,1-2H3,(H,22,26)(H,23,24,27). The van der Waals surface area contributed by atoms with E-state index >= 15 is 0 Å². The second-order valence-electron chi connectivity index (χ2n) is 6.25. The highest BCUT2D eigenvalue weighted by molar-refractivity contribution is 8.01. The Kier molecular flexibility index (Phi) is 7.74. The summed E-state index contributed by atoms with van der Waals surface area (Å²) < 4.78 is 5.54. The first-order chi connectivity index (χ1) is 15.0. The number of rotatable bonds is 8. The largest absolute Gasteiger partial charge is 0.462 e. The molecule has 1 heterocycles. The molecule has 2 amide bonds. The number of anilines is 2. The Bertz CT molecular complexity index is 1100. The summed E-state index contributed by atoms with van der Waals surface area (Å²) in [4.78, 5) is 36.7. The fourth-order valence-electron chi connectivity index (χ4n) is 2.60. The van der Waals surface area contributed by atoms with Crippen LogP contribution >= 0.6 is 23.1 Å². The van der Waals surface area contributed by atoms with E-state index < -0.39 is 5.97 Å². The van der Waals surface area contributed by atoms with E-state index in [0.717, 1.165) is 5.56 Å². The molecule has 0 radical (unpaired) electrons. The van der Waals surface area contributed by atoms with Crippen molar-refractivity contribution in [2.45, 2.75) is 18.2 Å². The van der Waals surface area contributed by atoms with Crippen molar-refractivity contribution in [2.75, 3.05) is 23.0 Å². The zero-order valence-electron chi connectivity index (χ0n) is 16.9. The molecule has 0 aliphatic heterocycles. The molecular formula is C21H20N4O4S2. The van der Waals surface area contributed by atoms with Crippen LogP contribution in [0.2, 0.25) is 0 Å². The number of para-hydroxylation sites is 1. The third-order valence-corrected chi connectivity index (χ3v) is 6.01. The molecule has 0 fully saturated rings. The average molecular weight is 457 g/mol. The molecule has 2 N–H and O–H groups in total. The van der Waals surface area contributed by atoms with Gasteiger partial charge >= 0.3 is 5.97 Å². The van der Waals surface area contributed by atoms with Gasteiger partial charge < -0.3 is 10.1 Å². The van der Waals surface area contributed by atoms with E-state index in [1.54, 1.807) is 43.3 Å². The highest BCUT2D eigenvalue weighted by Crippen LogP contribution is 2.26. The van der Waals surface area contributed by atoms with Crippen LogP contribution in [0.15, 0.2) is 52.9 Å². The quantitative estimate of drug-likeness (QED) is 0.299. The van der Waals surface area contributed by atoms with Gasteiger partial charge in [-0.15, -0.1) is 10.2 Å². The van der Waals surface area contributed by atoms with Crippen molar-refractivity contribution >= 4 is 51.7 Å². The fourth-order valence-corrected chi connectivity index (χ4v) is 4.15. The number of aryl methyl sites for hydroxylation is 1. The molecule has 0 aliphatic carbocycles. The lowest BCUT2D eigenvalue weighted by Gasteiger charge is -2.09. The summed E-state index contributed by atoms with van der Waals surface area (Å²) in [6.45, 7) is 3.82. The Morgan fingerprint density at radius 2 is 1.71 bits per heavy atom. The molecule has 0 aliphatic rings. The van der Waals surface area contributed by atoms with Crippen molar-refractivity contribution in [1.82, 2.24) is 10.2 Å². The van der Waals surface area contributed by atoms with Gasteiger partial charge in [-0.2, -0.15) is 0 Å². The maximum Gasteiger partial charge on any atom is 0.340 e. The molecule has 3 aromatic rings. The summed E-state index contributed by atoms with van der Waals surface area (Å²) in [7, 11) is 0. The third kappa shape index (κ3) is 6.12. The SMILES string of the molecule is CCOC(=O)c1ccccc1NC(=O)CSc1nnc(NC(=O)c2ccccc2C)s1. The summed E-state index contributed by atoms with van der Waals surface area (Å²) in [5.74, 6) is -0.997. The summed E-state index contributed by atoms with van der Waals surface area (Å²) >= 11 is 2.36. The molecule has 0 atom stereocenters. The van der Waals surface area contributed by atoms with Gasteiger partial charge in [0.15, 0.2) is 4.34 Å². The predicted octanol–water partition coefficient (Wildman–Crippen LogP) is 4.01. The molecule has 0 saturated carbocycles. The number of amides is 2. The van der Waals surface area contributed by atoms with Gasteiger partial charge in [0, 0.05) is 5.56 Å². The number of carbonyl (C=O) groups is 3. The lowest BCUT2D eigenvalue weighted by atomic mass is 10.1. The molecular weight excluding hydrogens is 436 g/mol. The number of aromatic nitrogens is 2. The lowest BCUT2D eigenvalue weighted by Crippen LogP contribution is -2.17. The van der Waals surface area contributed by atoms with Crippen LogP contribution in [0.5, 0.6) is 0 Å². The van der Waals surface area contributed by atoms with E-state index in [-0.39, 0.29) is 24.2 Å². The van der Waals surface area contributed by atoms with E-state index in [2.05, 4.69) is 20.8 Å². The number of carbonyl (C=O) groups excluding carboxylic acids is 3. The van der Waals surface area contributed by atoms with Gasteiger partial charge in [0.05, 0.1) is 23.6 Å². The minimum atomic E-state index is -0.496. The molecule has 160 valence electrons. The average Bonchev–Trinajstić information content (AvgIpc) is 3.20. The number of esters is 1. The summed E-state index contributed by atoms with van der Waals surface area (Å²) in [5, 5.41) is 13.7. The van der Waals surface area contributed by atoms with E-state index in [1.165, 1.54) is 23.1 Å². The molecule has 3 rings (SSSR count). The molecule has 0 saturated heterocycles. The fraction of sp³-hybridized carbons (Fsp3) is 0.190. The monoisotopic (exact) mass is 456 g/mol. The Labute approximate surface area is 187 Å². The van der Waals surface area contributed by atoms with Crippen LogP contribution in [0.1, 0.15) is 33.2 Å². The maximum atomic E-state index is 12.4. The van der Waals surface area contributed by atoms with Crippen LogP contribution in [0.3, 0.4) is 0 Å². The van der Waals surface area contributed by atoms with Crippen molar-refractivity contribution in [3.63, 3.8) is 0 Å². The maximum absolute atomic E-state index is 12.4. The second kappa shape index (κ2) is 10.7. The van der Waals surface area contributed by atoms with E-state index in [9.17, 15) is 14.4 Å². The summed E-state index contributed by atoms with van der Waals surface area (Å²) in [6.07, 6.45) is 0. The van der Waals surface area contributed by atoms with Crippen molar-refractivity contribution in [2.24, 2.45) is 0 Å².